The number of nitrogens with one attached hydrogen (secondary N) is 1. The molecule has 8 nitrogen and oxygen atoms in total. The van der Waals surface area contributed by atoms with Gasteiger partial charge >= 0.3 is 0 Å². The highest BCUT2D eigenvalue weighted by atomic mass is 16.3. The van der Waals surface area contributed by atoms with Gasteiger partial charge in [-0.25, -0.2) is 9.50 Å². The Morgan fingerprint density at radius 3 is 2.83 bits per heavy atom. The minimum absolute atomic E-state index is 0.0928. The summed E-state index contributed by atoms with van der Waals surface area (Å²) < 4.78 is 3.80. The number of aromatic nitrogens is 5. The molecule has 0 radical (unpaired) electrons. The molecule has 4 heterocycles. The van der Waals surface area contributed by atoms with Crippen molar-refractivity contribution in [2.75, 3.05) is 23.4 Å². The van der Waals surface area contributed by atoms with Crippen LogP contribution in [0.15, 0.2) is 49.1 Å². The minimum atomic E-state index is 0.0928. The molecule has 1 aromatic carbocycles. The van der Waals surface area contributed by atoms with Crippen LogP contribution >= 0.6 is 0 Å². The van der Waals surface area contributed by atoms with Crippen molar-refractivity contribution >= 4 is 23.1 Å². The SMILES string of the molecule is Cc1cc(C)cc(-n2cnc(Nc3nc(N4CCC[C@H]4CO)c4cccn4n3)c2)c1. The molecule has 1 fully saturated rings. The zero-order valence-corrected chi connectivity index (χ0v) is 17.2. The largest absolute Gasteiger partial charge is 0.394 e. The number of nitrogens with zero attached hydrogens (tertiary/aromatic N) is 6. The van der Waals surface area contributed by atoms with Crippen LogP contribution in [-0.2, 0) is 0 Å². The van der Waals surface area contributed by atoms with E-state index < -0.39 is 0 Å². The monoisotopic (exact) mass is 403 g/mol. The van der Waals surface area contributed by atoms with Crippen molar-refractivity contribution in [3.63, 3.8) is 0 Å². The number of rotatable bonds is 5. The second-order valence-electron chi connectivity index (χ2n) is 7.91. The minimum Gasteiger partial charge on any atom is -0.394 e. The van der Waals surface area contributed by atoms with E-state index in [1.807, 2.05) is 33.6 Å². The van der Waals surface area contributed by atoms with Crippen molar-refractivity contribution in [1.82, 2.24) is 24.1 Å². The third-order valence-corrected chi connectivity index (χ3v) is 5.56. The highest BCUT2D eigenvalue weighted by Crippen LogP contribution is 2.29. The van der Waals surface area contributed by atoms with E-state index in [1.165, 1.54) is 11.1 Å². The lowest BCUT2D eigenvalue weighted by molar-refractivity contribution is 0.266. The lowest BCUT2D eigenvalue weighted by Crippen LogP contribution is -2.33. The van der Waals surface area contributed by atoms with Crippen molar-refractivity contribution < 1.29 is 5.11 Å². The van der Waals surface area contributed by atoms with Crippen LogP contribution in [0.1, 0.15) is 24.0 Å². The van der Waals surface area contributed by atoms with E-state index in [2.05, 4.69) is 52.3 Å². The fourth-order valence-electron chi connectivity index (χ4n) is 4.23. The van der Waals surface area contributed by atoms with Crippen molar-refractivity contribution in [3.05, 3.63) is 60.2 Å². The fraction of sp³-hybridized carbons (Fsp3) is 0.318. The van der Waals surface area contributed by atoms with E-state index in [4.69, 9.17) is 4.98 Å². The van der Waals surface area contributed by atoms with E-state index in [9.17, 15) is 5.11 Å². The van der Waals surface area contributed by atoms with E-state index in [1.54, 1.807) is 6.33 Å². The summed E-state index contributed by atoms with van der Waals surface area (Å²) in [5, 5.41) is 17.6. The maximum Gasteiger partial charge on any atom is 0.248 e. The average molecular weight is 403 g/mol. The molecule has 154 valence electrons. The Morgan fingerprint density at radius 1 is 1.20 bits per heavy atom. The molecule has 0 spiro atoms. The number of hydrogen-bond acceptors (Lipinski definition) is 6. The van der Waals surface area contributed by atoms with Gasteiger partial charge in [0.15, 0.2) is 11.6 Å². The van der Waals surface area contributed by atoms with Crippen LogP contribution in [0.2, 0.25) is 0 Å². The predicted molar refractivity (Wildman–Crippen MR) is 117 cm³/mol. The lowest BCUT2D eigenvalue weighted by Gasteiger charge is -2.25. The van der Waals surface area contributed by atoms with Crippen LogP contribution in [0.3, 0.4) is 0 Å². The smallest absolute Gasteiger partial charge is 0.248 e. The molecule has 30 heavy (non-hydrogen) atoms. The molecule has 0 amide bonds. The molecule has 1 saturated heterocycles. The number of imidazole rings is 1. The van der Waals surface area contributed by atoms with E-state index >= 15 is 0 Å². The van der Waals surface area contributed by atoms with E-state index in [0.29, 0.717) is 11.8 Å². The summed E-state index contributed by atoms with van der Waals surface area (Å²) >= 11 is 0. The van der Waals surface area contributed by atoms with Gasteiger partial charge < -0.3 is 19.9 Å². The molecule has 5 rings (SSSR count). The molecule has 0 aliphatic carbocycles. The first-order valence-electron chi connectivity index (χ1n) is 10.2. The summed E-state index contributed by atoms with van der Waals surface area (Å²) in [5.41, 5.74) is 4.42. The molecule has 1 aliphatic heterocycles. The quantitative estimate of drug-likeness (QED) is 0.532. The van der Waals surface area contributed by atoms with Crippen molar-refractivity contribution in [2.45, 2.75) is 32.7 Å². The maximum absolute atomic E-state index is 9.75. The number of aliphatic hydroxyl groups is 1. The molecule has 4 aromatic rings. The summed E-state index contributed by atoms with van der Waals surface area (Å²) in [5.74, 6) is 1.98. The second kappa shape index (κ2) is 7.46. The topological polar surface area (TPSA) is 83.5 Å². The van der Waals surface area contributed by atoms with Gasteiger partial charge in [0.1, 0.15) is 11.8 Å². The number of benzene rings is 1. The van der Waals surface area contributed by atoms with Gasteiger partial charge in [-0.05, 0) is 62.1 Å². The van der Waals surface area contributed by atoms with Crippen LogP contribution < -0.4 is 10.2 Å². The first-order valence-corrected chi connectivity index (χ1v) is 10.2. The molecular formula is C22H25N7O. The molecular weight excluding hydrogens is 378 g/mol. The van der Waals surface area contributed by atoms with Gasteiger partial charge in [0.25, 0.3) is 0 Å². The van der Waals surface area contributed by atoms with Crippen molar-refractivity contribution in [3.8, 4) is 5.69 Å². The van der Waals surface area contributed by atoms with Gasteiger partial charge in [-0.1, -0.05) is 6.07 Å². The summed E-state index contributed by atoms with van der Waals surface area (Å²) in [6.07, 6.45) is 7.64. The van der Waals surface area contributed by atoms with Gasteiger partial charge in [-0.2, -0.15) is 4.98 Å². The van der Waals surface area contributed by atoms with Crippen LogP contribution in [0, 0.1) is 13.8 Å². The van der Waals surface area contributed by atoms with Gasteiger partial charge in [0.05, 0.1) is 18.8 Å². The highest BCUT2D eigenvalue weighted by Gasteiger charge is 2.27. The third-order valence-electron chi connectivity index (χ3n) is 5.56. The van der Waals surface area contributed by atoms with Crippen LogP contribution in [-0.4, -0.2) is 48.4 Å². The fourth-order valence-corrected chi connectivity index (χ4v) is 4.23. The number of hydrogen-bond donors (Lipinski definition) is 2. The summed E-state index contributed by atoms with van der Waals surface area (Å²) in [6.45, 7) is 5.18. The standard InChI is InChI=1S/C22H25N7O/c1-15-9-16(2)11-18(10-15)27-12-20(23-14-27)24-22-25-21(19-6-4-8-29(19)26-22)28-7-3-5-17(28)13-30/h4,6,8-12,14,17,30H,3,5,7,13H2,1-2H3,(H,24,26)/t17-/m0/s1. The van der Waals surface area contributed by atoms with Gasteiger partial charge in [0.2, 0.25) is 5.95 Å². The molecule has 3 aromatic heterocycles. The molecule has 1 atom stereocenters. The first kappa shape index (κ1) is 18.6. The van der Waals surface area contributed by atoms with Gasteiger partial charge in [-0.3, -0.25) is 0 Å². The number of aliphatic hydroxyl groups excluding tert-OH is 1. The zero-order chi connectivity index (χ0) is 20.7. The Labute approximate surface area is 174 Å². The molecule has 0 saturated carbocycles. The summed E-state index contributed by atoms with van der Waals surface area (Å²) in [7, 11) is 0. The summed E-state index contributed by atoms with van der Waals surface area (Å²) in [4.78, 5) is 11.4. The second-order valence-corrected chi connectivity index (χ2v) is 7.91. The zero-order valence-electron chi connectivity index (χ0n) is 17.2. The lowest BCUT2D eigenvalue weighted by atomic mass is 10.1. The average Bonchev–Trinajstić information content (AvgIpc) is 3.47. The Hall–Kier alpha value is -3.39. The number of anilines is 3. The normalized spacial score (nSPS) is 16.5. The van der Waals surface area contributed by atoms with Crippen molar-refractivity contribution in [1.29, 1.82) is 0 Å². The Kier molecular flexibility index (Phi) is 4.63. The highest BCUT2D eigenvalue weighted by molar-refractivity contribution is 5.71. The Balaban J connectivity index is 1.47. The van der Waals surface area contributed by atoms with Crippen LogP contribution in [0.4, 0.5) is 17.6 Å². The van der Waals surface area contributed by atoms with E-state index in [0.717, 1.165) is 36.4 Å². The van der Waals surface area contributed by atoms with E-state index in [-0.39, 0.29) is 12.6 Å². The maximum atomic E-state index is 9.75. The Bertz CT molecular complexity index is 1180. The third kappa shape index (κ3) is 3.39. The summed E-state index contributed by atoms with van der Waals surface area (Å²) in [6, 6.07) is 10.5. The molecule has 0 bridgehead atoms. The predicted octanol–water partition coefficient (Wildman–Crippen LogP) is 3.24. The first-order chi connectivity index (χ1) is 14.6. The Morgan fingerprint density at radius 2 is 2.03 bits per heavy atom. The van der Waals surface area contributed by atoms with Gasteiger partial charge in [0, 0.05) is 18.4 Å². The number of fused-ring (bicyclic) bond motifs is 1. The molecule has 8 heteroatoms. The van der Waals surface area contributed by atoms with Crippen molar-refractivity contribution in [2.24, 2.45) is 0 Å². The molecule has 2 N–H and O–H groups in total. The number of aryl methyl sites for hydroxylation is 2. The van der Waals surface area contributed by atoms with Crippen LogP contribution in [0.5, 0.6) is 0 Å². The molecule has 1 aliphatic rings. The van der Waals surface area contributed by atoms with Crippen LogP contribution in [0.25, 0.3) is 11.2 Å². The van der Waals surface area contributed by atoms with Gasteiger partial charge in [-0.15, -0.1) is 5.10 Å². The molecule has 0 unspecified atom stereocenters.